The van der Waals surface area contributed by atoms with Crippen LogP contribution >= 0.6 is 0 Å². The van der Waals surface area contributed by atoms with Crippen LogP contribution in [-0.4, -0.2) is 11.9 Å². The third-order valence-electron chi connectivity index (χ3n) is 3.22. The number of nitrogens with zero attached hydrogens (tertiary/aromatic N) is 1. The topological polar surface area (TPSA) is 3.24 Å². The van der Waals surface area contributed by atoms with Crippen LogP contribution in [0.1, 0.15) is 24.1 Å². The van der Waals surface area contributed by atoms with Gasteiger partial charge in [0.1, 0.15) is 0 Å². The summed E-state index contributed by atoms with van der Waals surface area (Å²) in [5.41, 5.74) is 2.73. The summed E-state index contributed by atoms with van der Waals surface area (Å²) in [6.07, 6.45) is 0. The maximum Gasteiger partial charge on any atom is 0.0320 e. The van der Waals surface area contributed by atoms with Crippen LogP contribution in [0.15, 0.2) is 60.7 Å². The van der Waals surface area contributed by atoms with E-state index in [9.17, 15) is 0 Å². The molecule has 0 amide bonds. The highest BCUT2D eigenvalue weighted by Crippen LogP contribution is 2.19. The normalized spacial score (nSPS) is 12.6. The van der Waals surface area contributed by atoms with Crippen molar-refractivity contribution in [2.75, 3.05) is 7.05 Å². The van der Waals surface area contributed by atoms with E-state index in [4.69, 9.17) is 0 Å². The first-order chi connectivity index (χ1) is 8.27. The van der Waals surface area contributed by atoms with Crippen molar-refractivity contribution in [2.24, 2.45) is 0 Å². The molecule has 2 aromatic carbocycles. The van der Waals surface area contributed by atoms with Gasteiger partial charge in [-0.3, -0.25) is 4.90 Å². The quantitative estimate of drug-likeness (QED) is 0.763. The minimum Gasteiger partial charge on any atom is -0.295 e. The van der Waals surface area contributed by atoms with Crippen molar-refractivity contribution in [1.82, 2.24) is 4.90 Å². The third kappa shape index (κ3) is 3.18. The second-order valence-electron chi connectivity index (χ2n) is 4.49. The summed E-state index contributed by atoms with van der Waals surface area (Å²) in [5.74, 6) is 0. The van der Waals surface area contributed by atoms with Crippen LogP contribution in [0.5, 0.6) is 0 Å². The van der Waals surface area contributed by atoms with Crippen LogP contribution in [0, 0.1) is 0 Å². The van der Waals surface area contributed by atoms with Gasteiger partial charge in [-0.15, -0.1) is 0 Å². The number of rotatable bonds is 4. The average Bonchev–Trinajstić information content (AvgIpc) is 2.40. The summed E-state index contributed by atoms with van der Waals surface area (Å²) in [5, 5.41) is 0. The van der Waals surface area contributed by atoms with Crippen molar-refractivity contribution in [3.8, 4) is 0 Å². The zero-order valence-corrected chi connectivity index (χ0v) is 10.5. The van der Waals surface area contributed by atoms with Gasteiger partial charge in [0.05, 0.1) is 0 Å². The Morgan fingerprint density at radius 1 is 0.882 bits per heavy atom. The fourth-order valence-electron chi connectivity index (χ4n) is 1.99. The highest BCUT2D eigenvalue weighted by atomic mass is 15.1. The minimum absolute atomic E-state index is 0.441. The molecule has 1 heteroatoms. The summed E-state index contributed by atoms with van der Waals surface area (Å²) in [6, 6.07) is 21.7. The van der Waals surface area contributed by atoms with Crippen molar-refractivity contribution in [2.45, 2.75) is 19.5 Å². The van der Waals surface area contributed by atoms with Crippen molar-refractivity contribution >= 4 is 0 Å². The van der Waals surface area contributed by atoms with Gasteiger partial charge in [-0.2, -0.15) is 0 Å². The first kappa shape index (κ1) is 11.9. The molecule has 2 aromatic rings. The Morgan fingerprint density at radius 3 is 2.00 bits per heavy atom. The van der Waals surface area contributed by atoms with E-state index in [0.29, 0.717) is 6.04 Å². The maximum atomic E-state index is 2.37. The molecule has 0 unspecified atom stereocenters. The minimum atomic E-state index is 0.441. The van der Waals surface area contributed by atoms with Crippen molar-refractivity contribution < 1.29 is 0 Å². The summed E-state index contributed by atoms with van der Waals surface area (Å²) in [7, 11) is 2.17. The summed E-state index contributed by atoms with van der Waals surface area (Å²) >= 11 is 0. The second-order valence-corrected chi connectivity index (χ2v) is 4.49. The lowest BCUT2D eigenvalue weighted by Gasteiger charge is -2.25. The molecule has 0 bridgehead atoms. The first-order valence-electron chi connectivity index (χ1n) is 6.06. The molecule has 2 rings (SSSR count). The highest BCUT2D eigenvalue weighted by molar-refractivity contribution is 5.19. The fraction of sp³-hybridized carbons (Fsp3) is 0.250. The number of benzene rings is 2. The van der Waals surface area contributed by atoms with Gasteiger partial charge in [-0.25, -0.2) is 0 Å². The summed E-state index contributed by atoms with van der Waals surface area (Å²) < 4.78 is 0. The maximum absolute atomic E-state index is 2.37. The van der Waals surface area contributed by atoms with Crippen LogP contribution in [0.2, 0.25) is 0 Å². The molecule has 0 aliphatic carbocycles. The van der Waals surface area contributed by atoms with E-state index in [1.165, 1.54) is 11.1 Å². The van der Waals surface area contributed by atoms with Gasteiger partial charge in [0.2, 0.25) is 0 Å². The van der Waals surface area contributed by atoms with E-state index >= 15 is 0 Å². The van der Waals surface area contributed by atoms with Crippen LogP contribution < -0.4 is 0 Å². The van der Waals surface area contributed by atoms with Crippen LogP contribution in [0.3, 0.4) is 0 Å². The molecular weight excluding hydrogens is 206 g/mol. The van der Waals surface area contributed by atoms with E-state index < -0.39 is 0 Å². The van der Waals surface area contributed by atoms with Gasteiger partial charge in [-0.05, 0) is 25.1 Å². The van der Waals surface area contributed by atoms with E-state index in [1.807, 2.05) is 0 Å². The average molecular weight is 225 g/mol. The van der Waals surface area contributed by atoms with E-state index in [0.717, 1.165) is 6.54 Å². The van der Waals surface area contributed by atoms with Gasteiger partial charge in [0.25, 0.3) is 0 Å². The Morgan fingerprint density at radius 2 is 1.41 bits per heavy atom. The molecule has 0 heterocycles. The van der Waals surface area contributed by atoms with E-state index in [2.05, 4.69) is 79.5 Å². The summed E-state index contributed by atoms with van der Waals surface area (Å²) in [4.78, 5) is 2.37. The number of hydrogen-bond donors (Lipinski definition) is 0. The largest absolute Gasteiger partial charge is 0.295 e. The number of hydrogen-bond acceptors (Lipinski definition) is 1. The van der Waals surface area contributed by atoms with Gasteiger partial charge < -0.3 is 0 Å². The molecule has 88 valence electrons. The van der Waals surface area contributed by atoms with Crippen molar-refractivity contribution in [3.63, 3.8) is 0 Å². The van der Waals surface area contributed by atoms with Gasteiger partial charge in [0, 0.05) is 12.6 Å². The van der Waals surface area contributed by atoms with E-state index in [1.54, 1.807) is 0 Å². The molecule has 1 atom stereocenters. The molecule has 0 saturated heterocycles. The Hall–Kier alpha value is -1.60. The lowest BCUT2D eigenvalue weighted by Crippen LogP contribution is -2.21. The van der Waals surface area contributed by atoms with Crippen LogP contribution in [0.25, 0.3) is 0 Å². The Balaban J connectivity index is 2.03. The lowest BCUT2D eigenvalue weighted by molar-refractivity contribution is 0.253. The Bertz CT molecular complexity index is 436. The van der Waals surface area contributed by atoms with Crippen LogP contribution in [-0.2, 0) is 6.54 Å². The zero-order valence-electron chi connectivity index (χ0n) is 10.5. The van der Waals surface area contributed by atoms with Crippen molar-refractivity contribution in [1.29, 1.82) is 0 Å². The summed E-state index contributed by atoms with van der Waals surface area (Å²) in [6.45, 7) is 3.23. The molecule has 0 N–H and O–H groups in total. The first-order valence-corrected chi connectivity index (χ1v) is 6.06. The molecule has 0 aliphatic rings. The molecule has 17 heavy (non-hydrogen) atoms. The predicted molar refractivity (Wildman–Crippen MR) is 72.8 cm³/mol. The fourth-order valence-corrected chi connectivity index (χ4v) is 1.99. The molecule has 0 saturated carbocycles. The van der Waals surface area contributed by atoms with Crippen LogP contribution in [0.4, 0.5) is 0 Å². The standard InChI is InChI=1S/C16H19N/c1-14(16-11-7-4-8-12-16)17(2)13-15-9-5-3-6-10-15/h3-12,14H,13H2,1-2H3/t14-/m0/s1. The second kappa shape index (κ2) is 5.65. The molecule has 0 spiro atoms. The monoisotopic (exact) mass is 225 g/mol. The smallest absolute Gasteiger partial charge is 0.0320 e. The third-order valence-corrected chi connectivity index (χ3v) is 3.22. The molecule has 0 radical (unpaired) electrons. The lowest BCUT2D eigenvalue weighted by atomic mass is 10.1. The highest BCUT2D eigenvalue weighted by Gasteiger charge is 2.10. The Kier molecular flexibility index (Phi) is 3.94. The molecule has 1 nitrogen and oxygen atoms in total. The molecule has 0 fully saturated rings. The van der Waals surface area contributed by atoms with E-state index in [-0.39, 0.29) is 0 Å². The SMILES string of the molecule is C[C@@H](c1ccccc1)N(C)Cc1ccccc1. The Labute approximate surface area is 104 Å². The molecule has 0 aliphatic heterocycles. The molecule has 0 aromatic heterocycles. The molecular formula is C16H19N. The van der Waals surface area contributed by atoms with Gasteiger partial charge >= 0.3 is 0 Å². The van der Waals surface area contributed by atoms with Gasteiger partial charge in [-0.1, -0.05) is 60.7 Å². The van der Waals surface area contributed by atoms with Gasteiger partial charge in [0.15, 0.2) is 0 Å². The predicted octanol–water partition coefficient (Wildman–Crippen LogP) is 3.88. The van der Waals surface area contributed by atoms with Crippen molar-refractivity contribution in [3.05, 3.63) is 71.8 Å². The zero-order chi connectivity index (χ0) is 12.1.